The van der Waals surface area contributed by atoms with Crippen LogP contribution in [0, 0.1) is 0 Å². The summed E-state index contributed by atoms with van der Waals surface area (Å²) in [5.41, 5.74) is 1.32. The van der Waals surface area contributed by atoms with Crippen LogP contribution >= 0.6 is 38.9 Å². The monoisotopic (exact) mass is 345 g/mol. The Morgan fingerprint density at radius 3 is 2.94 bits per heavy atom. The molecule has 1 amide bonds. The first-order valence-corrected chi connectivity index (χ1v) is 7.07. The molecule has 0 aliphatic heterocycles. The van der Waals surface area contributed by atoms with Crippen molar-refractivity contribution >= 4 is 44.8 Å². The van der Waals surface area contributed by atoms with Gasteiger partial charge in [0.1, 0.15) is 10.8 Å². The van der Waals surface area contributed by atoms with E-state index in [4.69, 9.17) is 11.6 Å². The summed E-state index contributed by atoms with van der Waals surface area (Å²) < 4.78 is 1.04. The number of amides is 1. The van der Waals surface area contributed by atoms with E-state index >= 15 is 0 Å². The second kappa shape index (κ2) is 5.77. The summed E-state index contributed by atoms with van der Waals surface area (Å²) >= 11 is 10.7. The number of aromatic nitrogens is 2. The first-order chi connectivity index (χ1) is 8.56. The molecule has 0 saturated heterocycles. The van der Waals surface area contributed by atoms with Gasteiger partial charge in [0, 0.05) is 13.6 Å². The number of halogens is 2. The average Bonchev–Trinajstić information content (AvgIpc) is 2.73. The van der Waals surface area contributed by atoms with Crippen molar-refractivity contribution in [3.05, 3.63) is 44.0 Å². The van der Waals surface area contributed by atoms with E-state index < -0.39 is 0 Å². The van der Waals surface area contributed by atoms with Gasteiger partial charge < -0.3 is 4.90 Å². The molecule has 0 atom stereocenters. The molecule has 2 rings (SSSR count). The Bertz CT molecular complexity index is 575. The maximum absolute atomic E-state index is 12.1. The lowest BCUT2D eigenvalue weighted by Gasteiger charge is -2.15. The number of carbonyl (C=O) groups excluding carboxylic acids is 1. The Hall–Kier alpha value is -0.980. The third-order valence-electron chi connectivity index (χ3n) is 2.21. The predicted molar refractivity (Wildman–Crippen MR) is 74.9 cm³/mol. The van der Waals surface area contributed by atoms with Crippen molar-refractivity contribution in [1.82, 2.24) is 14.9 Å². The standard InChI is InChI=1S/C11H9BrClN3OS/c1-16(5-7-2-9(12)18-6-7)11(17)8-3-14-4-10(13)15-8/h2-4,6H,5H2,1H3. The van der Waals surface area contributed by atoms with Crippen molar-refractivity contribution in [1.29, 1.82) is 0 Å². The molecule has 0 aromatic carbocycles. The quantitative estimate of drug-likeness (QED) is 0.857. The normalized spacial score (nSPS) is 10.4. The second-order valence-corrected chi connectivity index (χ2v) is 6.33. The van der Waals surface area contributed by atoms with E-state index in [0.717, 1.165) is 9.35 Å². The Balaban J connectivity index is 2.09. The summed E-state index contributed by atoms with van der Waals surface area (Å²) in [6, 6.07) is 1.98. The summed E-state index contributed by atoms with van der Waals surface area (Å²) in [4.78, 5) is 21.4. The van der Waals surface area contributed by atoms with Crippen LogP contribution in [0.3, 0.4) is 0 Å². The van der Waals surface area contributed by atoms with Crippen LogP contribution in [0.25, 0.3) is 0 Å². The number of nitrogens with zero attached hydrogens (tertiary/aromatic N) is 3. The molecular formula is C11H9BrClN3OS. The number of rotatable bonds is 3. The summed E-state index contributed by atoms with van der Waals surface area (Å²) in [5, 5.41) is 2.21. The lowest BCUT2D eigenvalue weighted by atomic mass is 10.3. The van der Waals surface area contributed by atoms with E-state index in [1.54, 1.807) is 23.3 Å². The molecule has 0 N–H and O–H groups in total. The summed E-state index contributed by atoms with van der Waals surface area (Å²) in [5.74, 6) is -0.202. The Morgan fingerprint density at radius 1 is 1.56 bits per heavy atom. The van der Waals surface area contributed by atoms with E-state index in [9.17, 15) is 4.79 Å². The molecule has 94 valence electrons. The number of thiophene rings is 1. The van der Waals surface area contributed by atoms with Crippen molar-refractivity contribution < 1.29 is 4.79 Å². The van der Waals surface area contributed by atoms with Gasteiger partial charge >= 0.3 is 0 Å². The van der Waals surface area contributed by atoms with E-state index in [1.165, 1.54) is 12.4 Å². The van der Waals surface area contributed by atoms with Gasteiger partial charge in [0.15, 0.2) is 0 Å². The van der Waals surface area contributed by atoms with E-state index in [-0.39, 0.29) is 16.8 Å². The topological polar surface area (TPSA) is 46.1 Å². The van der Waals surface area contributed by atoms with Gasteiger partial charge in [0.05, 0.1) is 16.2 Å². The van der Waals surface area contributed by atoms with Crippen LogP contribution in [0.5, 0.6) is 0 Å². The molecule has 2 heterocycles. The van der Waals surface area contributed by atoms with Crippen LogP contribution in [0.15, 0.2) is 27.6 Å². The van der Waals surface area contributed by atoms with Gasteiger partial charge in [-0.2, -0.15) is 0 Å². The highest BCUT2D eigenvalue weighted by molar-refractivity contribution is 9.11. The molecule has 0 radical (unpaired) electrons. The fraction of sp³-hybridized carbons (Fsp3) is 0.182. The van der Waals surface area contributed by atoms with Crippen LogP contribution < -0.4 is 0 Å². The smallest absolute Gasteiger partial charge is 0.274 e. The maximum atomic E-state index is 12.1. The largest absolute Gasteiger partial charge is 0.336 e. The first kappa shape index (κ1) is 13.5. The van der Waals surface area contributed by atoms with Crippen LogP contribution in [0.2, 0.25) is 5.15 Å². The Morgan fingerprint density at radius 2 is 2.33 bits per heavy atom. The van der Waals surface area contributed by atoms with Crippen LogP contribution in [-0.4, -0.2) is 27.8 Å². The van der Waals surface area contributed by atoms with E-state index in [1.807, 2.05) is 11.4 Å². The van der Waals surface area contributed by atoms with Crippen molar-refractivity contribution in [3.63, 3.8) is 0 Å². The van der Waals surface area contributed by atoms with Crippen LogP contribution in [-0.2, 0) is 6.54 Å². The number of carbonyl (C=O) groups is 1. The van der Waals surface area contributed by atoms with Gasteiger partial charge in [0.25, 0.3) is 5.91 Å². The minimum Gasteiger partial charge on any atom is -0.336 e. The van der Waals surface area contributed by atoms with Gasteiger partial charge in [0.2, 0.25) is 0 Å². The first-order valence-electron chi connectivity index (χ1n) is 5.02. The van der Waals surface area contributed by atoms with Crippen LogP contribution in [0.1, 0.15) is 16.1 Å². The lowest BCUT2D eigenvalue weighted by molar-refractivity contribution is 0.0779. The van der Waals surface area contributed by atoms with Gasteiger partial charge in [-0.25, -0.2) is 4.98 Å². The highest BCUT2D eigenvalue weighted by Crippen LogP contribution is 2.21. The molecule has 4 nitrogen and oxygen atoms in total. The molecule has 0 bridgehead atoms. The molecule has 2 aromatic rings. The third kappa shape index (κ3) is 3.28. The zero-order chi connectivity index (χ0) is 13.1. The maximum Gasteiger partial charge on any atom is 0.274 e. The highest BCUT2D eigenvalue weighted by atomic mass is 79.9. The summed E-state index contributed by atoms with van der Waals surface area (Å²) in [7, 11) is 1.72. The van der Waals surface area contributed by atoms with Crippen LogP contribution in [0.4, 0.5) is 0 Å². The molecule has 0 fully saturated rings. The molecule has 0 spiro atoms. The zero-order valence-corrected chi connectivity index (χ0v) is 12.6. The minimum atomic E-state index is -0.202. The third-order valence-corrected chi connectivity index (χ3v) is 3.95. The van der Waals surface area contributed by atoms with Gasteiger partial charge in [-0.15, -0.1) is 11.3 Å². The van der Waals surface area contributed by atoms with Crippen molar-refractivity contribution in [3.8, 4) is 0 Å². The highest BCUT2D eigenvalue weighted by Gasteiger charge is 2.14. The predicted octanol–water partition coefficient (Wildman–Crippen LogP) is 3.23. The molecule has 18 heavy (non-hydrogen) atoms. The summed E-state index contributed by atoms with van der Waals surface area (Å²) in [6.07, 6.45) is 2.81. The van der Waals surface area contributed by atoms with E-state index in [2.05, 4.69) is 25.9 Å². The number of hydrogen-bond acceptors (Lipinski definition) is 4. The molecule has 0 aliphatic carbocycles. The minimum absolute atomic E-state index is 0.202. The van der Waals surface area contributed by atoms with Gasteiger partial charge in [-0.05, 0) is 32.9 Å². The fourth-order valence-corrected chi connectivity index (χ4v) is 2.76. The SMILES string of the molecule is CN(Cc1csc(Br)c1)C(=O)c1cncc(Cl)n1. The van der Waals surface area contributed by atoms with Gasteiger partial charge in [-0.1, -0.05) is 11.6 Å². The zero-order valence-electron chi connectivity index (χ0n) is 9.43. The van der Waals surface area contributed by atoms with Crippen molar-refractivity contribution in [2.45, 2.75) is 6.54 Å². The summed E-state index contributed by atoms with van der Waals surface area (Å²) in [6.45, 7) is 0.523. The fourth-order valence-electron chi connectivity index (χ4n) is 1.42. The van der Waals surface area contributed by atoms with Gasteiger partial charge in [-0.3, -0.25) is 9.78 Å². The Labute approximate surface area is 122 Å². The molecule has 2 aromatic heterocycles. The van der Waals surface area contributed by atoms with Crippen molar-refractivity contribution in [2.75, 3.05) is 7.05 Å². The van der Waals surface area contributed by atoms with E-state index in [0.29, 0.717) is 6.54 Å². The molecule has 7 heteroatoms. The molecule has 0 unspecified atom stereocenters. The average molecular weight is 347 g/mol. The molecule has 0 saturated carbocycles. The lowest BCUT2D eigenvalue weighted by Crippen LogP contribution is -2.27. The number of hydrogen-bond donors (Lipinski definition) is 0. The molecule has 0 aliphatic rings. The second-order valence-electron chi connectivity index (χ2n) is 3.65. The van der Waals surface area contributed by atoms with Crippen molar-refractivity contribution in [2.24, 2.45) is 0 Å². The molecular weight excluding hydrogens is 338 g/mol. The Kier molecular flexibility index (Phi) is 4.31.